The zero-order valence-electron chi connectivity index (χ0n) is 23.1. The molecule has 0 amide bonds. The van der Waals surface area contributed by atoms with E-state index in [2.05, 4.69) is 76.2 Å². The molecule has 0 spiro atoms. The van der Waals surface area contributed by atoms with E-state index in [0.717, 1.165) is 62.9 Å². The average molecular weight is 493 g/mol. The van der Waals surface area contributed by atoms with Crippen molar-refractivity contribution in [2.45, 2.75) is 54.0 Å². The van der Waals surface area contributed by atoms with E-state index >= 15 is 0 Å². The molecule has 1 N–H and O–H groups in total. The number of nitrogens with one attached hydrogen (secondary N) is 1. The number of benzene rings is 1. The Morgan fingerprint density at radius 1 is 1.08 bits per heavy atom. The van der Waals surface area contributed by atoms with Crippen LogP contribution in [0.2, 0.25) is 0 Å². The van der Waals surface area contributed by atoms with Crippen molar-refractivity contribution in [2.75, 3.05) is 46.5 Å². The third-order valence-electron chi connectivity index (χ3n) is 6.15. The number of aromatic nitrogens is 2. The molecule has 6 nitrogen and oxygen atoms in total. The number of fused-ring (bicyclic) bond motifs is 1. The summed E-state index contributed by atoms with van der Waals surface area (Å²) in [4.78, 5) is 2.42. The van der Waals surface area contributed by atoms with E-state index in [1.165, 1.54) is 29.4 Å². The number of ether oxygens (including phenoxy) is 2. The highest BCUT2D eigenvalue weighted by atomic mass is 16.5. The van der Waals surface area contributed by atoms with Crippen molar-refractivity contribution in [1.29, 1.82) is 0 Å². The number of hydrogen-bond acceptors (Lipinski definition) is 5. The molecule has 2 heterocycles. The van der Waals surface area contributed by atoms with E-state index in [-0.39, 0.29) is 0 Å². The van der Waals surface area contributed by atoms with Crippen LogP contribution in [0.5, 0.6) is 5.75 Å². The van der Waals surface area contributed by atoms with Gasteiger partial charge in [-0.25, -0.2) is 0 Å². The van der Waals surface area contributed by atoms with Crippen LogP contribution in [0.1, 0.15) is 46.2 Å². The Bertz CT molecular complexity index is 1080. The van der Waals surface area contributed by atoms with Crippen molar-refractivity contribution in [2.24, 2.45) is 0 Å². The molecule has 36 heavy (non-hydrogen) atoms. The summed E-state index contributed by atoms with van der Waals surface area (Å²) in [5, 5.41) is 8.67. The topological polar surface area (TPSA) is 51.5 Å². The van der Waals surface area contributed by atoms with Gasteiger partial charge in [-0.3, -0.25) is 9.58 Å². The first-order valence-electron chi connectivity index (χ1n) is 13.0. The fourth-order valence-electron chi connectivity index (χ4n) is 3.93. The molecule has 6 heteroatoms. The molecule has 0 atom stereocenters. The predicted molar refractivity (Wildman–Crippen MR) is 151 cm³/mol. The minimum absolute atomic E-state index is 0.836. The lowest BCUT2D eigenvalue weighted by Crippen LogP contribution is -2.38. The summed E-state index contributed by atoms with van der Waals surface area (Å²) >= 11 is 0. The number of hydrogen-bond donors (Lipinski definition) is 1. The second kappa shape index (κ2) is 16.6. The molecule has 196 valence electrons. The Hall–Kier alpha value is -3.01. The lowest BCUT2D eigenvalue weighted by atomic mass is 10.1. The van der Waals surface area contributed by atoms with Crippen molar-refractivity contribution in [3.8, 4) is 17.7 Å². The van der Waals surface area contributed by atoms with E-state index in [1.54, 1.807) is 7.11 Å². The Morgan fingerprint density at radius 3 is 2.53 bits per heavy atom. The lowest BCUT2D eigenvalue weighted by molar-refractivity contribution is 0.0361. The first-order valence-corrected chi connectivity index (χ1v) is 13.0. The Morgan fingerprint density at radius 2 is 1.86 bits per heavy atom. The summed E-state index contributed by atoms with van der Waals surface area (Å²) in [5.74, 6) is 3.60. The highest BCUT2D eigenvalue weighted by Gasteiger charge is 2.14. The maximum absolute atomic E-state index is 5.48. The van der Waals surface area contributed by atoms with Gasteiger partial charge in [-0.15, -0.1) is 0 Å². The standard InChI is InChI=1S/C15H21N3O2.C10H14.C5H9N/c1-12-13-4-3-5-14(19-2)15(13)18(16-12)7-6-17-8-10-20-11-9-17;1-9-7-5-3-4-6-8-10(9)2;1-3-5-6-4-2/h3-5H,6-11H2,1-2H3;3,5,7-8H,4,6H2,1-2H3;6H,4H2,1-2H3/b;5-3+,9-7-,10-8-;. The minimum Gasteiger partial charge on any atom is -0.494 e. The molecule has 1 aromatic carbocycles. The molecule has 1 saturated heterocycles. The van der Waals surface area contributed by atoms with Gasteiger partial charge >= 0.3 is 0 Å². The third-order valence-corrected chi connectivity index (χ3v) is 6.15. The van der Waals surface area contributed by atoms with Crippen molar-refractivity contribution in [3.05, 3.63) is 59.3 Å². The Kier molecular flexibility index (Phi) is 13.5. The van der Waals surface area contributed by atoms with Crippen LogP contribution in [0.25, 0.3) is 10.9 Å². The van der Waals surface area contributed by atoms with Crippen molar-refractivity contribution in [3.63, 3.8) is 0 Å². The third kappa shape index (κ3) is 9.56. The van der Waals surface area contributed by atoms with Gasteiger partial charge in [-0.05, 0) is 59.1 Å². The summed E-state index contributed by atoms with van der Waals surface area (Å²) in [6.45, 7) is 16.7. The molecule has 2 aromatic rings. The van der Waals surface area contributed by atoms with Gasteiger partial charge in [0.25, 0.3) is 0 Å². The van der Waals surface area contributed by atoms with Gasteiger partial charge < -0.3 is 14.8 Å². The minimum atomic E-state index is 0.836. The molecular formula is C30H44N4O2. The highest BCUT2D eigenvalue weighted by Crippen LogP contribution is 2.27. The van der Waals surface area contributed by atoms with E-state index in [1.807, 2.05) is 32.9 Å². The molecule has 0 radical (unpaired) electrons. The van der Waals surface area contributed by atoms with Gasteiger partial charge in [0.15, 0.2) is 0 Å². The Labute approximate surface area is 218 Å². The summed E-state index contributed by atoms with van der Waals surface area (Å²) in [6, 6.07) is 8.81. The van der Waals surface area contributed by atoms with Crippen molar-refractivity contribution in [1.82, 2.24) is 20.0 Å². The first kappa shape index (κ1) is 29.2. The largest absolute Gasteiger partial charge is 0.494 e. The van der Waals surface area contributed by atoms with Crippen LogP contribution < -0.4 is 10.1 Å². The van der Waals surface area contributed by atoms with E-state index in [9.17, 15) is 0 Å². The molecule has 1 aliphatic heterocycles. The van der Waals surface area contributed by atoms with Gasteiger partial charge in [-0.1, -0.05) is 47.9 Å². The van der Waals surface area contributed by atoms with Crippen LogP contribution in [0.15, 0.2) is 53.6 Å². The van der Waals surface area contributed by atoms with Gasteiger partial charge in [-0.2, -0.15) is 5.10 Å². The second-order valence-electron chi connectivity index (χ2n) is 8.77. The molecule has 0 unspecified atom stereocenters. The van der Waals surface area contributed by atoms with Gasteiger partial charge in [0.2, 0.25) is 0 Å². The maximum atomic E-state index is 5.48. The van der Waals surface area contributed by atoms with Gasteiger partial charge in [0.05, 0.1) is 32.6 Å². The number of para-hydroxylation sites is 1. The van der Waals surface area contributed by atoms with Crippen molar-refractivity contribution >= 4 is 10.9 Å². The van der Waals surface area contributed by atoms with Crippen LogP contribution in [-0.2, 0) is 11.3 Å². The molecule has 4 rings (SSSR count). The first-order chi connectivity index (χ1) is 17.5. The summed E-state index contributed by atoms with van der Waals surface area (Å²) in [6.07, 6.45) is 11.2. The number of rotatable bonds is 5. The zero-order chi connectivity index (χ0) is 26.2. The fraction of sp³-hybridized carbons (Fsp3) is 0.500. The highest BCUT2D eigenvalue weighted by molar-refractivity contribution is 5.87. The van der Waals surface area contributed by atoms with Gasteiger partial charge in [0, 0.05) is 37.6 Å². The molecule has 0 saturated carbocycles. The maximum Gasteiger partial charge on any atom is 0.144 e. The number of morpholine rings is 1. The second-order valence-corrected chi connectivity index (χ2v) is 8.77. The van der Waals surface area contributed by atoms with E-state index < -0.39 is 0 Å². The molecule has 1 aromatic heterocycles. The number of methoxy groups -OCH3 is 1. The van der Waals surface area contributed by atoms with Crippen molar-refractivity contribution < 1.29 is 9.47 Å². The zero-order valence-corrected chi connectivity index (χ0v) is 23.1. The molecular weight excluding hydrogens is 448 g/mol. The van der Waals surface area contributed by atoms with Crippen LogP contribution >= 0.6 is 0 Å². The average Bonchev–Trinajstić information content (AvgIpc) is 3.24. The normalized spacial score (nSPS) is 19.3. The van der Waals surface area contributed by atoms with Crippen LogP contribution in [-0.4, -0.2) is 61.2 Å². The Balaban J connectivity index is 0.000000238. The van der Waals surface area contributed by atoms with E-state index in [0.29, 0.717) is 0 Å². The molecule has 1 aliphatic carbocycles. The summed E-state index contributed by atoms with van der Waals surface area (Å²) < 4.78 is 12.9. The number of allylic oxidation sites excluding steroid dienone is 6. The fourth-order valence-corrected chi connectivity index (χ4v) is 3.93. The molecule has 1 fully saturated rings. The van der Waals surface area contributed by atoms with Crippen LogP contribution in [0.3, 0.4) is 0 Å². The van der Waals surface area contributed by atoms with Crippen LogP contribution in [0.4, 0.5) is 0 Å². The predicted octanol–water partition coefficient (Wildman–Crippen LogP) is 5.49. The summed E-state index contributed by atoms with van der Waals surface area (Å²) in [7, 11) is 1.71. The summed E-state index contributed by atoms with van der Waals surface area (Å²) in [5.41, 5.74) is 4.96. The molecule has 2 aliphatic rings. The smallest absolute Gasteiger partial charge is 0.144 e. The van der Waals surface area contributed by atoms with Crippen LogP contribution in [0, 0.1) is 18.9 Å². The monoisotopic (exact) mass is 492 g/mol. The SMILES string of the molecule is CC#CNCC.CC1=C/C=C/CC/C=C\1C.COc1cccc2c(C)nn(CCN3CCOCC3)c12. The number of aryl methyl sites for hydroxylation is 1. The lowest BCUT2D eigenvalue weighted by Gasteiger charge is -2.26. The van der Waals surface area contributed by atoms with Gasteiger partial charge in [0.1, 0.15) is 11.3 Å². The number of nitrogens with zero attached hydrogens (tertiary/aromatic N) is 3. The quantitative estimate of drug-likeness (QED) is 0.442. The van der Waals surface area contributed by atoms with E-state index in [4.69, 9.17) is 9.47 Å². The molecule has 0 bridgehead atoms.